The predicted molar refractivity (Wildman–Crippen MR) is 97.4 cm³/mol. The van der Waals surface area contributed by atoms with Gasteiger partial charge < -0.3 is 10.6 Å². The summed E-state index contributed by atoms with van der Waals surface area (Å²) >= 11 is 0. The van der Waals surface area contributed by atoms with Gasteiger partial charge in [0.25, 0.3) is 0 Å². The van der Waals surface area contributed by atoms with Gasteiger partial charge in [-0.2, -0.15) is 5.26 Å². The number of nitriles is 1. The summed E-state index contributed by atoms with van der Waals surface area (Å²) in [6.45, 7) is 6.07. The molecule has 0 amide bonds. The summed E-state index contributed by atoms with van der Waals surface area (Å²) in [5, 5.41) is 9.51. The Hall–Kier alpha value is -2.59. The number of likely N-dealkylation sites (tertiary alicyclic amines) is 1. The molecule has 2 heterocycles. The highest BCUT2D eigenvalue weighted by Gasteiger charge is 2.26. The lowest BCUT2D eigenvalue weighted by molar-refractivity contribution is 0.172. The first kappa shape index (κ1) is 19.2. The van der Waals surface area contributed by atoms with Crippen LogP contribution in [0.4, 0.5) is 19.0 Å². The van der Waals surface area contributed by atoms with E-state index in [1.54, 1.807) is 6.07 Å². The van der Waals surface area contributed by atoms with Gasteiger partial charge in [-0.05, 0) is 69.5 Å². The van der Waals surface area contributed by atoms with E-state index in [-0.39, 0.29) is 23.0 Å². The third-order valence-electron chi connectivity index (χ3n) is 5.17. The molecule has 1 fully saturated rings. The number of rotatable bonds is 3. The summed E-state index contributed by atoms with van der Waals surface area (Å²) in [4.78, 5) is 6.47. The van der Waals surface area contributed by atoms with Crippen LogP contribution in [0, 0.1) is 28.8 Å². The summed E-state index contributed by atoms with van der Waals surface area (Å²) < 4.78 is 40.5. The molecule has 0 radical (unpaired) electrons. The Labute approximate surface area is 156 Å². The van der Waals surface area contributed by atoms with E-state index in [0.29, 0.717) is 11.6 Å². The molecule has 1 aliphatic heterocycles. The summed E-state index contributed by atoms with van der Waals surface area (Å²) in [5.74, 6) is -3.99. The molecule has 0 saturated carbocycles. The second kappa shape index (κ2) is 7.57. The van der Waals surface area contributed by atoms with Crippen LogP contribution < -0.4 is 5.73 Å². The van der Waals surface area contributed by atoms with Gasteiger partial charge in [-0.3, -0.25) is 0 Å². The van der Waals surface area contributed by atoms with Gasteiger partial charge in [0.1, 0.15) is 11.9 Å². The van der Waals surface area contributed by atoms with Crippen LogP contribution in [0.15, 0.2) is 18.2 Å². The molecule has 0 spiro atoms. The molecule has 0 unspecified atom stereocenters. The Kier molecular flexibility index (Phi) is 5.38. The fraction of sp³-hybridized carbons (Fsp3) is 0.400. The topological polar surface area (TPSA) is 65.9 Å². The fourth-order valence-electron chi connectivity index (χ4n) is 3.61. The van der Waals surface area contributed by atoms with E-state index in [9.17, 15) is 18.4 Å². The Morgan fingerprint density at radius 1 is 1.15 bits per heavy atom. The zero-order valence-corrected chi connectivity index (χ0v) is 15.3. The molecule has 4 nitrogen and oxygen atoms in total. The van der Waals surface area contributed by atoms with Gasteiger partial charge in [0.05, 0.1) is 11.3 Å². The Balaban J connectivity index is 2.01. The van der Waals surface area contributed by atoms with E-state index >= 15 is 0 Å². The molecule has 7 heteroatoms. The van der Waals surface area contributed by atoms with Gasteiger partial charge in [0.2, 0.25) is 0 Å². The second-order valence-corrected chi connectivity index (χ2v) is 7.13. The maximum absolute atomic E-state index is 13.6. The number of aromatic nitrogens is 1. The molecule has 27 heavy (non-hydrogen) atoms. The summed E-state index contributed by atoms with van der Waals surface area (Å²) in [6.07, 6.45) is 1.70. The van der Waals surface area contributed by atoms with Crippen molar-refractivity contribution in [1.29, 1.82) is 5.26 Å². The second-order valence-electron chi connectivity index (χ2n) is 7.13. The zero-order valence-electron chi connectivity index (χ0n) is 15.3. The third kappa shape index (κ3) is 3.76. The van der Waals surface area contributed by atoms with Gasteiger partial charge >= 0.3 is 0 Å². The normalized spacial score (nSPS) is 15.9. The summed E-state index contributed by atoms with van der Waals surface area (Å²) in [7, 11) is 0. The summed E-state index contributed by atoms with van der Waals surface area (Å²) in [6, 6.07) is 5.97. The SMILES string of the molecule is CC(C)N1CCC(c2cc(-c3cc(F)c(F)c(F)c3)nc(N)c2C#N)CC1. The number of nitrogens with zero attached hydrogens (tertiary/aromatic N) is 3. The molecule has 0 atom stereocenters. The maximum Gasteiger partial charge on any atom is 0.194 e. The highest BCUT2D eigenvalue weighted by molar-refractivity contribution is 5.67. The molecule has 0 bridgehead atoms. The highest BCUT2D eigenvalue weighted by atomic mass is 19.2. The van der Waals surface area contributed by atoms with E-state index in [4.69, 9.17) is 5.73 Å². The predicted octanol–water partition coefficient (Wildman–Crippen LogP) is 4.21. The number of halogens is 3. The minimum atomic E-state index is -1.53. The van der Waals surface area contributed by atoms with Crippen LogP contribution in [-0.4, -0.2) is 29.0 Å². The number of piperidine rings is 1. The van der Waals surface area contributed by atoms with Gasteiger partial charge in [0.15, 0.2) is 17.5 Å². The molecule has 1 aliphatic rings. The van der Waals surface area contributed by atoms with Crippen LogP contribution in [0.2, 0.25) is 0 Å². The van der Waals surface area contributed by atoms with Gasteiger partial charge in [-0.1, -0.05) is 0 Å². The van der Waals surface area contributed by atoms with Crippen molar-refractivity contribution in [2.45, 2.75) is 38.6 Å². The monoisotopic (exact) mass is 374 g/mol. The Morgan fingerprint density at radius 3 is 2.26 bits per heavy atom. The first-order chi connectivity index (χ1) is 12.8. The first-order valence-corrected chi connectivity index (χ1v) is 8.91. The lowest BCUT2D eigenvalue weighted by Crippen LogP contribution is -2.38. The van der Waals surface area contributed by atoms with Crippen LogP contribution in [0.25, 0.3) is 11.3 Å². The van der Waals surface area contributed by atoms with Crippen molar-refractivity contribution in [2.75, 3.05) is 18.8 Å². The van der Waals surface area contributed by atoms with Crippen molar-refractivity contribution < 1.29 is 13.2 Å². The first-order valence-electron chi connectivity index (χ1n) is 8.91. The van der Waals surface area contributed by atoms with E-state index in [1.165, 1.54) is 0 Å². The van der Waals surface area contributed by atoms with Crippen molar-refractivity contribution >= 4 is 5.82 Å². The molecular weight excluding hydrogens is 353 g/mol. The molecule has 142 valence electrons. The minimum Gasteiger partial charge on any atom is -0.383 e. The highest BCUT2D eigenvalue weighted by Crippen LogP contribution is 2.35. The molecular formula is C20H21F3N4. The van der Waals surface area contributed by atoms with Crippen molar-refractivity contribution in [1.82, 2.24) is 9.88 Å². The molecule has 2 N–H and O–H groups in total. The quantitative estimate of drug-likeness (QED) is 0.818. The molecule has 1 aromatic heterocycles. The van der Waals surface area contributed by atoms with Gasteiger partial charge in [-0.25, -0.2) is 18.2 Å². The minimum absolute atomic E-state index is 0.0152. The number of hydrogen-bond acceptors (Lipinski definition) is 4. The largest absolute Gasteiger partial charge is 0.383 e. The smallest absolute Gasteiger partial charge is 0.194 e. The van der Waals surface area contributed by atoms with E-state index < -0.39 is 17.5 Å². The number of pyridine rings is 1. The molecule has 0 aliphatic carbocycles. The van der Waals surface area contributed by atoms with Crippen LogP contribution in [0.5, 0.6) is 0 Å². The number of hydrogen-bond donors (Lipinski definition) is 1. The van der Waals surface area contributed by atoms with E-state index in [0.717, 1.165) is 43.6 Å². The average molecular weight is 374 g/mol. The Morgan fingerprint density at radius 2 is 1.74 bits per heavy atom. The van der Waals surface area contributed by atoms with Crippen molar-refractivity contribution in [2.24, 2.45) is 0 Å². The number of nitrogens with two attached hydrogens (primary N) is 1. The fourth-order valence-corrected chi connectivity index (χ4v) is 3.61. The van der Waals surface area contributed by atoms with Crippen molar-refractivity contribution in [3.8, 4) is 17.3 Å². The number of anilines is 1. The third-order valence-corrected chi connectivity index (χ3v) is 5.17. The Bertz CT molecular complexity index is 874. The van der Waals surface area contributed by atoms with Gasteiger partial charge in [-0.15, -0.1) is 0 Å². The number of benzene rings is 1. The van der Waals surface area contributed by atoms with Crippen LogP contribution >= 0.6 is 0 Å². The van der Waals surface area contributed by atoms with Crippen LogP contribution in [0.1, 0.15) is 43.7 Å². The maximum atomic E-state index is 13.6. The van der Waals surface area contributed by atoms with Crippen LogP contribution in [0.3, 0.4) is 0 Å². The van der Waals surface area contributed by atoms with E-state index in [1.807, 2.05) is 0 Å². The lowest BCUT2D eigenvalue weighted by atomic mass is 9.86. The molecule has 1 saturated heterocycles. The van der Waals surface area contributed by atoms with Gasteiger partial charge in [0, 0.05) is 11.6 Å². The lowest BCUT2D eigenvalue weighted by Gasteiger charge is -2.35. The molecule has 1 aromatic carbocycles. The van der Waals surface area contributed by atoms with E-state index in [2.05, 4.69) is 29.8 Å². The molecule has 3 rings (SSSR count). The zero-order chi connectivity index (χ0) is 19.7. The van der Waals surface area contributed by atoms with Crippen LogP contribution in [-0.2, 0) is 0 Å². The average Bonchev–Trinajstić information content (AvgIpc) is 2.65. The summed E-state index contributed by atoms with van der Waals surface area (Å²) in [5.41, 5.74) is 7.29. The molecule has 2 aromatic rings. The van der Waals surface area contributed by atoms with Crippen molar-refractivity contribution in [3.63, 3.8) is 0 Å². The van der Waals surface area contributed by atoms with Crippen molar-refractivity contribution in [3.05, 3.63) is 46.8 Å². The number of nitrogen functional groups attached to an aromatic ring is 1. The standard InChI is InChI=1S/C20H21F3N4/c1-11(2)27-5-3-12(4-6-27)14-9-18(26-20(25)15(14)10-24)13-7-16(21)19(23)17(22)8-13/h7-9,11-12H,3-6H2,1-2H3,(H2,25,26).